The van der Waals surface area contributed by atoms with E-state index in [0.29, 0.717) is 5.71 Å². The number of aryl methyl sites for hydroxylation is 2. The lowest BCUT2D eigenvalue weighted by molar-refractivity contribution is -0.114. The van der Waals surface area contributed by atoms with Crippen LogP contribution in [0.5, 0.6) is 0 Å². The molecule has 0 spiro atoms. The van der Waals surface area contributed by atoms with Crippen molar-refractivity contribution in [1.29, 1.82) is 0 Å². The Bertz CT molecular complexity index is 625. The summed E-state index contributed by atoms with van der Waals surface area (Å²) in [5.41, 5.74) is 4.21. The van der Waals surface area contributed by atoms with E-state index in [0.717, 1.165) is 22.4 Å². The lowest BCUT2D eigenvalue weighted by Crippen LogP contribution is -2.29. The number of benzene rings is 2. The van der Waals surface area contributed by atoms with E-state index in [2.05, 4.69) is 10.3 Å². The van der Waals surface area contributed by atoms with Crippen molar-refractivity contribution in [2.24, 2.45) is 4.99 Å². The molecule has 2 aromatic carbocycles. The van der Waals surface area contributed by atoms with Crippen LogP contribution < -0.4 is 5.32 Å². The van der Waals surface area contributed by atoms with Crippen molar-refractivity contribution in [2.45, 2.75) is 13.8 Å². The lowest BCUT2D eigenvalue weighted by Gasteiger charge is -2.12. The van der Waals surface area contributed by atoms with Crippen LogP contribution in [-0.2, 0) is 4.79 Å². The molecular formula is C17H18N2O. The number of aliphatic imine (C=N–C) groups is 1. The Balaban J connectivity index is 2.60. The molecule has 3 nitrogen and oxygen atoms in total. The molecule has 0 saturated carbocycles. The fourth-order valence-corrected chi connectivity index (χ4v) is 2.16. The zero-order chi connectivity index (χ0) is 14.5. The molecule has 0 aliphatic carbocycles. The standard InChI is InChI=1S/C17H18N2O/c1-12-8-7-9-13(2)15(12)16(17(20)18-3)19-14-10-5-4-6-11-14/h4-11H,1-3H3,(H,18,20). The number of hydrogen-bond donors (Lipinski definition) is 1. The first-order valence-electron chi connectivity index (χ1n) is 6.56. The number of para-hydroxylation sites is 1. The minimum atomic E-state index is -0.175. The van der Waals surface area contributed by atoms with E-state index in [1.54, 1.807) is 7.05 Å². The van der Waals surface area contributed by atoms with Crippen LogP contribution in [0.1, 0.15) is 16.7 Å². The first kappa shape index (κ1) is 14.0. The number of rotatable bonds is 3. The van der Waals surface area contributed by atoms with Crippen molar-refractivity contribution in [3.8, 4) is 0 Å². The lowest BCUT2D eigenvalue weighted by atomic mass is 9.98. The summed E-state index contributed by atoms with van der Waals surface area (Å²) in [5, 5.41) is 2.67. The van der Waals surface area contributed by atoms with Crippen LogP contribution in [0.2, 0.25) is 0 Å². The number of carbonyl (C=O) groups is 1. The van der Waals surface area contributed by atoms with Gasteiger partial charge in [0.05, 0.1) is 5.69 Å². The van der Waals surface area contributed by atoms with Crippen molar-refractivity contribution in [1.82, 2.24) is 5.32 Å². The SMILES string of the molecule is CNC(=O)C(=Nc1ccccc1)c1c(C)cccc1C. The molecule has 1 amide bonds. The summed E-state index contributed by atoms with van der Waals surface area (Å²) < 4.78 is 0. The number of likely N-dealkylation sites (N-methyl/N-ethyl adjacent to an activating group) is 1. The van der Waals surface area contributed by atoms with Crippen LogP contribution in [0.15, 0.2) is 53.5 Å². The fourth-order valence-electron chi connectivity index (χ4n) is 2.16. The van der Waals surface area contributed by atoms with Gasteiger partial charge >= 0.3 is 0 Å². The van der Waals surface area contributed by atoms with Gasteiger partial charge in [-0.25, -0.2) is 4.99 Å². The number of carbonyl (C=O) groups excluding carboxylic acids is 1. The molecule has 2 aromatic rings. The zero-order valence-corrected chi connectivity index (χ0v) is 12.0. The Morgan fingerprint density at radius 3 is 2.10 bits per heavy atom. The molecule has 0 aliphatic rings. The average molecular weight is 266 g/mol. The minimum absolute atomic E-state index is 0.175. The van der Waals surface area contributed by atoms with Gasteiger partial charge in [-0.3, -0.25) is 4.79 Å². The highest BCUT2D eigenvalue weighted by molar-refractivity contribution is 6.46. The summed E-state index contributed by atoms with van der Waals surface area (Å²) in [6.07, 6.45) is 0. The maximum absolute atomic E-state index is 12.2. The van der Waals surface area contributed by atoms with Gasteiger partial charge in [0.25, 0.3) is 5.91 Å². The quantitative estimate of drug-likeness (QED) is 0.852. The van der Waals surface area contributed by atoms with E-state index in [4.69, 9.17) is 0 Å². The maximum atomic E-state index is 12.2. The summed E-state index contributed by atoms with van der Waals surface area (Å²) in [7, 11) is 1.62. The molecule has 3 heteroatoms. The normalized spacial score (nSPS) is 11.2. The number of amides is 1. The highest BCUT2D eigenvalue weighted by Crippen LogP contribution is 2.19. The van der Waals surface area contributed by atoms with Gasteiger partial charge < -0.3 is 5.32 Å². The third kappa shape index (κ3) is 2.94. The summed E-state index contributed by atoms with van der Waals surface area (Å²) in [5.74, 6) is -0.175. The van der Waals surface area contributed by atoms with Crippen LogP contribution in [0.3, 0.4) is 0 Å². The molecule has 0 bridgehead atoms. The van der Waals surface area contributed by atoms with Crippen molar-refractivity contribution in [3.63, 3.8) is 0 Å². The molecule has 1 N–H and O–H groups in total. The Hall–Kier alpha value is -2.42. The Morgan fingerprint density at radius 2 is 1.55 bits per heavy atom. The first-order valence-corrected chi connectivity index (χ1v) is 6.56. The third-order valence-corrected chi connectivity index (χ3v) is 3.16. The minimum Gasteiger partial charge on any atom is -0.354 e. The maximum Gasteiger partial charge on any atom is 0.270 e. The van der Waals surface area contributed by atoms with E-state index in [1.165, 1.54) is 0 Å². The van der Waals surface area contributed by atoms with Crippen LogP contribution in [0.25, 0.3) is 0 Å². The zero-order valence-electron chi connectivity index (χ0n) is 12.0. The Kier molecular flexibility index (Phi) is 4.31. The summed E-state index contributed by atoms with van der Waals surface area (Å²) in [6, 6.07) is 15.5. The third-order valence-electron chi connectivity index (χ3n) is 3.16. The van der Waals surface area contributed by atoms with E-state index in [1.807, 2.05) is 62.4 Å². The van der Waals surface area contributed by atoms with E-state index in [9.17, 15) is 4.79 Å². The predicted molar refractivity (Wildman–Crippen MR) is 82.6 cm³/mol. The van der Waals surface area contributed by atoms with Gasteiger partial charge in [0.15, 0.2) is 0 Å². The Labute approximate surface area is 119 Å². The van der Waals surface area contributed by atoms with E-state index >= 15 is 0 Å². The monoisotopic (exact) mass is 266 g/mol. The van der Waals surface area contributed by atoms with Gasteiger partial charge in [-0.2, -0.15) is 0 Å². The molecular weight excluding hydrogens is 248 g/mol. The topological polar surface area (TPSA) is 41.5 Å². The van der Waals surface area contributed by atoms with Crippen LogP contribution in [0, 0.1) is 13.8 Å². The molecule has 0 atom stereocenters. The number of hydrogen-bond acceptors (Lipinski definition) is 2. The highest BCUT2D eigenvalue weighted by atomic mass is 16.1. The molecule has 0 radical (unpaired) electrons. The van der Waals surface area contributed by atoms with Crippen molar-refractivity contribution >= 4 is 17.3 Å². The second-order valence-electron chi connectivity index (χ2n) is 4.64. The largest absolute Gasteiger partial charge is 0.354 e. The second-order valence-corrected chi connectivity index (χ2v) is 4.64. The Morgan fingerprint density at radius 1 is 0.950 bits per heavy atom. The van der Waals surface area contributed by atoms with Gasteiger partial charge in [-0.1, -0.05) is 36.4 Å². The smallest absolute Gasteiger partial charge is 0.270 e. The van der Waals surface area contributed by atoms with E-state index < -0.39 is 0 Å². The number of nitrogens with one attached hydrogen (secondary N) is 1. The first-order chi connectivity index (χ1) is 9.63. The van der Waals surface area contributed by atoms with Gasteiger partial charge in [-0.15, -0.1) is 0 Å². The molecule has 0 aromatic heterocycles. The molecule has 2 rings (SSSR count). The van der Waals surface area contributed by atoms with Gasteiger partial charge in [0.2, 0.25) is 0 Å². The van der Waals surface area contributed by atoms with E-state index in [-0.39, 0.29) is 5.91 Å². The van der Waals surface area contributed by atoms with Crippen molar-refractivity contribution in [2.75, 3.05) is 7.05 Å². The average Bonchev–Trinajstić information content (AvgIpc) is 2.46. The molecule has 20 heavy (non-hydrogen) atoms. The number of nitrogens with zero attached hydrogens (tertiary/aromatic N) is 1. The predicted octanol–water partition coefficient (Wildman–Crippen LogP) is 3.17. The molecule has 0 saturated heterocycles. The van der Waals surface area contributed by atoms with Crippen LogP contribution in [-0.4, -0.2) is 18.7 Å². The van der Waals surface area contributed by atoms with Crippen LogP contribution >= 0.6 is 0 Å². The molecule has 0 fully saturated rings. The van der Waals surface area contributed by atoms with Gasteiger partial charge in [0.1, 0.15) is 5.71 Å². The fraction of sp³-hybridized carbons (Fsp3) is 0.176. The second kappa shape index (κ2) is 6.15. The van der Waals surface area contributed by atoms with Crippen molar-refractivity contribution in [3.05, 3.63) is 65.2 Å². The summed E-state index contributed by atoms with van der Waals surface area (Å²) >= 11 is 0. The summed E-state index contributed by atoms with van der Waals surface area (Å²) in [4.78, 5) is 16.7. The van der Waals surface area contributed by atoms with Crippen LogP contribution in [0.4, 0.5) is 5.69 Å². The van der Waals surface area contributed by atoms with Gasteiger partial charge in [0, 0.05) is 12.6 Å². The highest BCUT2D eigenvalue weighted by Gasteiger charge is 2.17. The summed E-state index contributed by atoms with van der Waals surface area (Å²) in [6.45, 7) is 3.98. The molecule has 0 heterocycles. The molecule has 102 valence electrons. The molecule has 0 unspecified atom stereocenters. The van der Waals surface area contributed by atoms with Gasteiger partial charge in [-0.05, 0) is 37.1 Å². The van der Waals surface area contributed by atoms with Crippen molar-refractivity contribution < 1.29 is 4.79 Å². The molecule has 0 aliphatic heterocycles.